The molecule has 0 heterocycles. The molecule has 0 atom stereocenters. The Balaban J connectivity index is 3.18. The molecule has 0 fully saturated rings. The first-order valence-corrected chi connectivity index (χ1v) is 3.39. The Labute approximate surface area is 70.3 Å². The van der Waals surface area contributed by atoms with E-state index in [0.717, 1.165) is 0 Å². The third kappa shape index (κ3) is 1.47. The number of rotatable bonds is 2. The largest absolute Gasteiger partial charge is 0.504 e. The van der Waals surface area contributed by atoms with Gasteiger partial charge in [-0.05, 0) is 12.1 Å². The van der Waals surface area contributed by atoms with Gasteiger partial charge in [0, 0.05) is 5.56 Å². The first kappa shape index (κ1) is 8.39. The van der Waals surface area contributed by atoms with Gasteiger partial charge in [0.2, 0.25) is 0 Å². The highest BCUT2D eigenvalue weighted by molar-refractivity contribution is 5.84. The molecule has 0 aliphatic carbocycles. The lowest BCUT2D eigenvalue weighted by Crippen LogP contribution is -1.92. The van der Waals surface area contributed by atoms with Gasteiger partial charge in [-0.25, -0.2) is 0 Å². The number of ether oxygens (including phenoxy) is 1. The number of phenols is 1. The highest BCUT2D eigenvalue weighted by Crippen LogP contribution is 2.27. The van der Waals surface area contributed by atoms with E-state index in [1.54, 1.807) is 12.1 Å². The second-order valence-electron chi connectivity index (χ2n) is 2.18. The summed E-state index contributed by atoms with van der Waals surface area (Å²) in [5, 5.41) is 12.6. The number of benzene rings is 1. The molecule has 1 aromatic carbocycles. The van der Waals surface area contributed by atoms with Crippen molar-refractivity contribution in [1.29, 1.82) is 0 Å². The van der Waals surface area contributed by atoms with Gasteiger partial charge >= 0.3 is 0 Å². The van der Waals surface area contributed by atoms with Gasteiger partial charge < -0.3 is 15.7 Å². The Morgan fingerprint density at radius 3 is 2.92 bits per heavy atom. The van der Waals surface area contributed by atoms with Crippen LogP contribution in [0, 0.1) is 0 Å². The van der Waals surface area contributed by atoms with Gasteiger partial charge in [-0.2, -0.15) is 5.10 Å². The van der Waals surface area contributed by atoms with Crippen molar-refractivity contribution < 1.29 is 9.84 Å². The van der Waals surface area contributed by atoms with Crippen molar-refractivity contribution in [3.05, 3.63) is 23.8 Å². The molecule has 0 aliphatic rings. The molecule has 3 N–H and O–H groups in total. The molecule has 64 valence electrons. The molecule has 0 aliphatic heterocycles. The summed E-state index contributed by atoms with van der Waals surface area (Å²) in [6, 6.07) is 4.97. The Morgan fingerprint density at radius 1 is 1.58 bits per heavy atom. The van der Waals surface area contributed by atoms with Crippen molar-refractivity contribution in [2.75, 3.05) is 7.11 Å². The maximum atomic E-state index is 9.29. The molecule has 1 rings (SSSR count). The smallest absolute Gasteiger partial charge is 0.169 e. The van der Waals surface area contributed by atoms with Crippen molar-refractivity contribution in [2.24, 2.45) is 10.9 Å². The van der Waals surface area contributed by atoms with E-state index >= 15 is 0 Å². The number of nitrogens with zero attached hydrogens (tertiary/aromatic N) is 1. The summed E-state index contributed by atoms with van der Waals surface area (Å²) >= 11 is 0. The summed E-state index contributed by atoms with van der Waals surface area (Å²) in [4.78, 5) is 0. The summed E-state index contributed by atoms with van der Waals surface area (Å²) in [5.41, 5.74) is 0.653. The van der Waals surface area contributed by atoms with Gasteiger partial charge in [-0.3, -0.25) is 0 Å². The highest BCUT2D eigenvalue weighted by Gasteiger charge is 2.04. The number of hydrazone groups is 1. The number of hydrogen-bond acceptors (Lipinski definition) is 4. The molecule has 1 aromatic rings. The van der Waals surface area contributed by atoms with E-state index in [1.165, 1.54) is 19.4 Å². The van der Waals surface area contributed by atoms with Gasteiger partial charge in [0.15, 0.2) is 11.5 Å². The van der Waals surface area contributed by atoms with E-state index in [1.807, 2.05) is 0 Å². The van der Waals surface area contributed by atoms with Crippen LogP contribution in [0.15, 0.2) is 23.3 Å². The lowest BCUT2D eigenvalue weighted by atomic mass is 10.2. The first-order valence-electron chi connectivity index (χ1n) is 3.39. The second kappa shape index (κ2) is 3.61. The molecule has 0 unspecified atom stereocenters. The van der Waals surface area contributed by atoms with Crippen LogP contribution in [0.1, 0.15) is 5.56 Å². The third-order valence-electron chi connectivity index (χ3n) is 1.44. The lowest BCUT2D eigenvalue weighted by Gasteiger charge is -2.05. The van der Waals surface area contributed by atoms with Crippen LogP contribution in [0.4, 0.5) is 0 Å². The summed E-state index contributed by atoms with van der Waals surface area (Å²) in [6.07, 6.45) is 1.42. The average molecular weight is 166 g/mol. The topological polar surface area (TPSA) is 67.8 Å². The minimum atomic E-state index is 0.0786. The average Bonchev–Trinajstić information content (AvgIpc) is 2.05. The number of aromatic hydroxyl groups is 1. The van der Waals surface area contributed by atoms with E-state index in [9.17, 15) is 5.11 Å². The SMILES string of the molecule is COc1c(O)cccc1C=NN. The maximum absolute atomic E-state index is 9.29. The lowest BCUT2D eigenvalue weighted by molar-refractivity contribution is 0.373. The number of para-hydroxylation sites is 1. The summed E-state index contributed by atoms with van der Waals surface area (Å²) in [6.45, 7) is 0. The van der Waals surface area contributed by atoms with Crippen molar-refractivity contribution in [1.82, 2.24) is 0 Å². The zero-order chi connectivity index (χ0) is 8.97. The number of methoxy groups -OCH3 is 1. The second-order valence-corrected chi connectivity index (χ2v) is 2.18. The van der Waals surface area contributed by atoms with Crippen molar-refractivity contribution in [2.45, 2.75) is 0 Å². The van der Waals surface area contributed by atoms with Crippen molar-refractivity contribution in [3.8, 4) is 11.5 Å². The van der Waals surface area contributed by atoms with E-state index in [-0.39, 0.29) is 5.75 Å². The van der Waals surface area contributed by atoms with Crippen molar-refractivity contribution >= 4 is 6.21 Å². The zero-order valence-corrected chi connectivity index (χ0v) is 6.69. The minimum absolute atomic E-state index is 0.0786. The highest BCUT2D eigenvalue weighted by atomic mass is 16.5. The minimum Gasteiger partial charge on any atom is -0.504 e. The van der Waals surface area contributed by atoms with Gasteiger partial charge in [0.1, 0.15) is 0 Å². The van der Waals surface area contributed by atoms with Crippen LogP contribution in [0.25, 0.3) is 0 Å². The Hall–Kier alpha value is -1.71. The molecule has 4 nitrogen and oxygen atoms in total. The summed E-state index contributed by atoms with van der Waals surface area (Å²) in [7, 11) is 1.48. The Morgan fingerprint density at radius 2 is 2.33 bits per heavy atom. The third-order valence-corrected chi connectivity index (χ3v) is 1.44. The van der Waals surface area contributed by atoms with Gasteiger partial charge in [-0.1, -0.05) is 6.07 Å². The Bertz CT molecular complexity index is 297. The quantitative estimate of drug-likeness (QED) is 0.386. The molecule has 0 radical (unpaired) electrons. The van der Waals surface area contributed by atoms with Crippen LogP contribution in [0.5, 0.6) is 11.5 Å². The fraction of sp³-hybridized carbons (Fsp3) is 0.125. The predicted octanol–water partition coefficient (Wildman–Crippen LogP) is 0.693. The molecular formula is C8H10N2O2. The Kier molecular flexibility index (Phi) is 2.53. The normalized spacial score (nSPS) is 10.4. The number of phenolic OH excluding ortho intramolecular Hbond substituents is 1. The predicted molar refractivity (Wildman–Crippen MR) is 46.4 cm³/mol. The van der Waals surface area contributed by atoms with Crippen LogP contribution in [0.2, 0.25) is 0 Å². The van der Waals surface area contributed by atoms with E-state index in [4.69, 9.17) is 10.6 Å². The fourth-order valence-corrected chi connectivity index (χ4v) is 0.947. The van der Waals surface area contributed by atoms with E-state index in [2.05, 4.69) is 5.10 Å². The van der Waals surface area contributed by atoms with Gasteiger partial charge in [-0.15, -0.1) is 0 Å². The summed E-state index contributed by atoms with van der Waals surface area (Å²) < 4.78 is 4.93. The van der Waals surface area contributed by atoms with E-state index < -0.39 is 0 Å². The number of hydrogen-bond donors (Lipinski definition) is 2. The van der Waals surface area contributed by atoms with Crippen molar-refractivity contribution in [3.63, 3.8) is 0 Å². The molecule has 4 heteroatoms. The zero-order valence-electron chi connectivity index (χ0n) is 6.69. The van der Waals surface area contributed by atoms with E-state index in [0.29, 0.717) is 11.3 Å². The van der Waals surface area contributed by atoms with Crippen LogP contribution in [0.3, 0.4) is 0 Å². The molecular weight excluding hydrogens is 156 g/mol. The van der Waals surface area contributed by atoms with Gasteiger partial charge in [0.05, 0.1) is 13.3 Å². The molecule has 0 saturated carbocycles. The molecule has 12 heavy (non-hydrogen) atoms. The van der Waals surface area contributed by atoms with Gasteiger partial charge in [0.25, 0.3) is 0 Å². The molecule has 0 bridgehead atoms. The van der Waals surface area contributed by atoms with Crippen LogP contribution >= 0.6 is 0 Å². The number of nitrogens with two attached hydrogens (primary N) is 1. The standard InChI is InChI=1S/C8H10N2O2/c1-12-8-6(5-10-9)3-2-4-7(8)11/h2-5,11H,9H2,1H3. The molecule has 0 saturated heterocycles. The molecule has 0 aromatic heterocycles. The monoisotopic (exact) mass is 166 g/mol. The van der Waals surface area contributed by atoms with Crippen LogP contribution < -0.4 is 10.6 Å². The maximum Gasteiger partial charge on any atom is 0.169 e. The molecule has 0 amide bonds. The summed E-state index contributed by atoms with van der Waals surface area (Å²) in [5.74, 6) is 5.43. The van der Waals surface area contributed by atoms with Crippen LogP contribution in [-0.2, 0) is 0 Å². The van der Waals surface area contributed by atoms with Crippen LogP contribution in [-0.4, -0.2) is 18.4 Å². The molecule has 0 spiro atoms. The first-order chi connectivity index (χ1) is 5.79. The fourth-order valence-electron chi connectivity index (χ4n) is 0.947.